The van der Waals surface area contributed by atoms with Crippen LogP contribution in [0.5, 0.6) is 0 Å². The molecule has 92 valence electrons. The number of amides is 1. The Kier molecular flexibility index (Phi) is 4.27. The molecule has 1 amide bonds. The molecule has 1 aromatic rings. The quantitative estimate of drug-likeness (QED) is 0.865. The first kappa shape index (κ1) is 13.2. The number of hydrogen-bond acceptors (Lipinski definition) is 3. The van der Waals surface area contributed by atoms with Gasteiger partial charge in [-0.25, -0.2) is 0 Å². The maximum Gasteiger partial charge on any atom is 0.225 e. The summed E-state index contributed by atoms with van der Waals surface area (Å²) < 4.78 is 1.53. The van der Waals surface area contributed by atoms with Gasteiger partial charge in [0.1, 0.15) is 17.5 Å². The molecule has 5 heteroatoms. The van der Waals surface area contributed by atoms with Crippen molar-refractivity contribution < 1.29 is 4.79 Å². The predicted octanol–water partition coefficient (Wildman–Crippen LogP) is 1.97. The Labute approximate surface area is 101 Å². The number of rotatable bonds is 4. The highest BCUT2D eigenvalue weighted by molar-refractivity contribution is 5.91. The number of carbonyl (C=O) groups excluding carboxylic acids is 1. The van der Waals surface area contributed by atoms with Gasteiger partial charge in [-0.3, -0.25) is 9.48 Å². The van der Waals surface area contributed by atoms with Crippen LogP contribution in [0, 0.1) is 24.2 Å². The van der Waals surface area contributed by atoms with Gasteiger partial charge in [-0.1, -0.05) is 13.8 Å². The van der Waals surface area contributed by atoms with Crippen LogP contribution >= 0.6 is 0 Å². The van der Waals surface area contributed by atoms with E-state index in [-0.39, 0.29) is 5.91 Å². The van der Waals surface area contributed by atoms with E-state index in [1.807, 2.05) is 0 Å². The Morgan fingerprint density at radius 2 is 2.24 bits per heavy atom. The number of nitrogens with zero attached hydrogens (tertiary/aromatic N) is 3. The van der Waals surface area contributed by atoms with Crippen LogP contribution in [0.4, 0.5) is 5.82 Å². The van der Waals surface area contributed by atoms with Crippen molar-refractivity contribution in [1.29, 1.82) is 5.26 Å². The van der Waals surface area contributed by atoms with Crippen LogP contribution in [-0.4, -0.2) is 15.7 Å². The van der Waals surface area contributed by atoms with E-state index in [4.69, 9.17) is 5.26 Å². The van der Waals surface area contributed by atoms with Crippen LogP contribution in [0.15, 0.2) is 0 Å². The third-order valence-electron chi connectivity index (χ3n) is 2.54. The number of carbonyl (C=O) groups is 1. The largest absolute Gasteiger partial charge is 0.310 e. The van der Waals surface area contributed by atoms with Crippen molar-refractivity contribution in [2.75, 3.05) is 5.32 Å². The number of aromatic nitrogens is 2. The average Bonchev–Trinajstić information content (AvgIpc) is 2.50. The molecule has 0 aliphatic rings. The van der Waals surface area contributed by atoms with Crippen molar-refractivity contribution in [2.45, 2.75) is 33.6 Å². The van der Waals surface area contributed by atoms with Crippen LogP contribution in [0.2, 0.25) is 0 Å². The zero-order valence-electron chi connectivity index (χ0n) is 10.7. The van der Waals surface area contributed by atoms with Gasteiger partial charge in [0.25, 0.3) is 0 Å². The molecule has 0 saturated carbocycles. The maximum atomic E-state index is 11.7. The summed E-state index contributed by atoms with van der Waals surface area (Å²) in [5, 5.41) is 15.8. The Balaban J connectivity index is 2.75. The van der Waals surface area contributed by atoms with Crippen molar-refractivity contribution in [2.24, 2.45) is 13.0 Å². The van der Waals surface area contributed by atoms with Gasteiger partial charge >= 0.3 is 0 Å². The van der Waals surface area contributed by atoms with Gasteiger partial charge in [0, 0.05) is 13.5 Å². The van der Waals surface area contributed by atoms with Crippen LogP contribution in [0.3, 0.4) is 0 Å². The summed E-state index contributed by atoms with van der Waals surface area (Å²) in [4.78, 5) is 11.7. The summed E-state index contributed by atoms with van der Waals surface area (Å²) >= 11 is 0. The number of anilines is 1. The first-order chi connectivity index (χ1) is 7.95. The number of nitrogens with one attached hydrogen (secondary N) is 1. The Bertz CT molecular complexity index is 454. The van der Waals surface area contributed by atoms with E-state index >= 15 is 0 Å². The van der Waals surface area contributed by atoms with Crippen molar-refractivity contribution in [3.63, 3.8) is 0 Å². The van der Waals surface area contributed by atoms with Gasteiger partial charge < -0.3 is 5.32 Å². The first-order valence-electron chi connectivity index (χ1n) is 5.69. The lowest BCUT2D eigenvalue weighted by atomic mass is 10.1. The van der Waals surface area contributed by atoms with Crippen LogP contribution in [0.1, 0.15) is 37.9 Å². The summed E-state index contributed by atoms with van der Waals surface area (Å²) in [6.45, 7) is 5.90. The SMILES string of the molecule is Cc1nn(C)c(NC(=O)CCC(C)C)c1C#N. The van der Waals surface area contributed by atoms with Crippen molar-refractivity contribution in [3.05, 3.63) is 11.3 Å². The molecule has 1 N–H and O–H groups in total. The van der Waals surface area contributed by atoms with E-state index in [1.54, 1.807) is 14.0 Å². The van der Waals surface area contributed by atoms with Crippen molar-refractivity contribution in [1.82, 2.24) is 9.78 Å². The molecule has 1 aromatic heterocycles. The normalized spacial score (nSPS) is 10.4. The fraction of sp³-hybridized carbons (Fsp3) is 0.583. The van der Waals surface area contributed by atoms with Crippen molar-refractivity contribution in [3.8, 4) is 6.07 Å². The van der Waals surface area contributed by atoms with Gasteiger partial charge in [-0.05, 0) is 19.3 Å². The number of aryl methyl sites for hydroxylation is 2. The zero-order chi connectivity index (χ0) is 13.0. The lowest BCUT2D eigenvalue weighted by molar-refractivity contribution is -0.116. The molecule has 0 aliphatic carbocycles. The highest BCUT2D eigenvalue weighted by Crippen LogP contribution is 2.17. The Morgan fingerprint density at radius 1 is 1.59 bits per heavy atom. The van der Waals surface area contributed by atoms with E-state index < -0.39 is 0 Å². The van der Waals surface area contributed by atoms with Gasteiger partial charge in [-0.15, -0.1) is 0 Å². The summed E-state index contributed by atoms with van der Waals surface area (Å²) in [7, 11) is 1.71. The lowest BCUT2D eigenvalue weighted by Crippen LogP contribution is -2.15. The molecule has 1 heterocycles. The predicted molar refractivity (Wildman–Crippen MR) is 65.4 cm³/mol. The fourth-order valence-electron chi connectivity index (χ4n) is 1.55. The average molecular weight is 234 g/mol. The van der Waals surface area contributed by atoms with E-state index in [2.05, 4.69) is 30.3 Å². The molecule has 0 aromatic carbocycles. The molecule has 0 fully saturated rings. The number of nitriles is 1. The lowest BCUT2D eigenvalue weighted by Gasteiger charge is -2.07. The summed E-state index contributed by atoms with van der Waals surface area (Å²) in [5.74, 6) is 0.904. The van der Waals surface area contributed by atoms with Crippen LogP contribution < -0.4 is 5.32 Å². The molecule has 1 rings (SSSR count). The minimum absolute atomic E-state index is 0.0711. The fourth-order valence-corrected chi connectivity index (χ4v) is 1.55. The third kappa shape index (κ3) is 3.31. The molecule has 0 radical (unpaired) electrons. The van der Waals surface area contributed by atoms with Gasteiger partial charge in [0.05, 0.1) is 5.69 Å². The minimum atomic E-state index is -0.0711. The van der Waals surface area contributed by atoms with Gasteiger partial charge in [0.2, 0.25) is 5.91 Å². The van der Waals surface area contributed by atoms with Gasteiger partial charge in [-0.2, -0.15) is 10.4 Å². The minimum Gasteiger partial charge on any atom is -0.310 e. The van der Waals surface area contributed by atoms with Crippen LogP contribution in [0.25, 0.3) is 0 Å². The van der Waals surface area contributed by atoms with E-state index in [0.717, 1.165) is 6.42 Å². The Hall–Kier alpha value is -1.83. The van der Waals surface area contributed by atoms with Crippen molar-refractivity contribution >= 4 is 11.7 Å². The first-order valence-corrected chi connectivity index (χ1v) is 5.69. The monoisotopic (exact) mass is 234 g/mol. The second kappa shape index (κ2) is 5.48. The summed E-state index contributed by atoms with van der Waals surface area (Å²) in [5.41, 5.74) is 1.07. The molecule has 0 saturated heterocycles. The molecule has 0 spiro atoms. The molecule has 0 atom stereocenters. The second-order valence-corrected chi connectivity index (χ2v) is 4.53. The molecule has 17 heavy (non-hydrogen) atoms. The zero-order valence-corrected chi connectivity index (χ0v) is 10.7. The third-order valence-corrected chi connectivity index (χ3v) is 2.54. The maximum absolute atomic E-state index is 11.7. The topological polar surface area (TPSA) is 70.7 Å². The second-order valence-electron chi connectivity index (χ2n) is 4.53. The molecule has 5 nitrogen and oxygen atoms in total. The highest BCUT2D eigenvalue weighted by atomic mass is 16.1. The molecule has 0 unspecified atom stereocenters. The van der Waals surface area contributed by atoms with E-state index in [1.165, 1.54) is 4.68 Å². The number of hydrogen-bond donors (Lipinski definition) is 1. The molecular formula is C12H18N4O. The van der Waals surface area contributed by atoms with E-state index in [0.29, 0.717) is 29.4 Å². The summed E-state index contributed by atoms with van der Waals surface area (Å²) in [6, 6.07) is 2.06. The highest BCUT2D eigenvalue weighted by Gasteiger charge is 2.15. The van der Waals surface area contributed by atoms with Crippen LogP contribution in [-0.2, 0) is 11.8 Å². The smallest absolute Gasteiger partial charge is 0.225 e. The molecule has 0 aliphatic heterocycles. The standard InChI is InChI=1S/C12H18N4O/c1-8(2)5-6-11(17)14-12-10(7-13)9(3)15-16(12)4/h8H,5-6H2,1-4H3,(H,14,17). The molecular weight excluding hydrogens is 216 g/mol. The van der Waals surface area contributed by atoms with Gasteiger partial charge in [0.15, 0.2) is 0 Å². The molecule has 0 bridgehead atoms. The summed E-state index contributed by atoms with van der Waals surface area (Å²) in [6.07, 6.45) is 1.30. The van der Waals surface area contributed by atoms with E-state index in [9.17, 15) is 4.79 Å². The Morgan fingerprint density at radius 3 is 2.76 bits per heavy atom.